The van der Waals surface area contributed by atoms with E-state index < -0.39 is 7.82 Å². The highest BCUT2D eigenvalue weighted by Crippen LogP contribution is 2.50. The van der Waals surface area contributed by atoms with Crippen molar-refractivity contribution in [1.82, 2.24) is 0 Å². The lowest BCUT2D eigenvalue weighted by molar-refractivity contribution is -0.0262. The summed E-state index contributed by atoms with van der Waals surface area (Å²) < 4.78 is 39.6. The van der Waals surface area contributed by atoms with Crippen LogP contribution in [0.1, 0.15) is 27.7 Å². The first-order chi connectivity index (χ1) is 10.3. The molecule has 6 nitrogen and oxygen atoms in total. The second kappa shape index (κ2) is 11.7. The average molecular weight is 336 g/mol. The molecule has 0 aromatic carbocycles. The van der Waals surface area contributed by atoms with Crippen molar-refractivity contribution in [2.45, 2.75) is 64.8 Å². The minimum Gasteiger partial charge on any atom is -0.376 e. The monoisotopic (exact) mass is 336 g/mol. The standard InChI is InChI=1S/C13H31B2O6P/c1-10(2)18-8-13(7-15)21-22(16,17-5)19-9-12(6-14)20-11(3)4/h10-13H,6-9,14-15H2,1-5H3/t12-,13-,22?/m1/s1. The fourth-order valence-electron chi connectivity index (χ4n) is 1.64. The molecule has 22 heavy (non-hydrogen) atoms. The van der Waals surface area contributed by atoms with Crippen molar-refractivity contribution in [2.24, 2.45) is 0 Å². The van der Waals surface area contributed by atoms with Crippen LogP contribution in [0.2, 0.25) is 12.6 Å². The molecule has 0 aliphatic carbocycles. The largest absolute Gasteiger partial charge is 0.474 e. The predicted octanol–water partition coefficient (Wildman–Crippen LogP) is 1.46. The Morgan fingerprint density at radius 2 is 1.55 bits per heavy atom. The molecule has 130 valence electrons. The van der Waals surface area contributed by atoms with Crippen molar-refractivity contribution in [2.75, 3.05) is 20.3 Å². The van der Waals surface area contributed by atoms with E-state index in [4.69, 9.17) is 23.0 Å². The lowest BCUT2D eigenvalue weighted by Gasteiger charge is -2.25. The van der Waals surface area contributed by atoms with Crippen LogP contribution in [0.25, 0.3) is 0 Å². The third-order valence-corrected chi connectivity index (χ3v) is 4.38. The Bertz CT molecular complexity index is 330. The van der Waals surface area contributed by atoms with E-state index in [0.29, 0.717) is 12.9 Å². The molecule has 0 fully saturated rings. The van der Waals surface area contributed by atoms with Crippen LogP contribution in [0.15, 0.2) is 0 Å². The summed E-state index contributed by atoms with van der Waals surface area (Å²) in [5.74, 6) is 0. The van der Waals surface area contributed by atoms with Gasteiger partial charge in [-0.3, -0.25) is 13.6 Å². The maximum Gasteiger partial charge on any atom is 0.474 e. The van der Waals surface area contributed by atoms with Gasteiger partial charge in [-0.2, -0.15) is 0 Å². The van der Waals surface area contributed by atoms with Crippen LogP contribution in [-0.4, -0.2) is 60.4 Å². The summed E-state index contributed by atoms with van der Waals surface area (Å²) >= 11 is 0. The fraction of sp³-hybridized carbons (Fsp3) is 1.00. The lowest BCUT2D eigenvalue weighted by atomic mass is 10.00. The molecule has 9 heteroatoms. The van der Waals surface area contributed by atoms with E-state index in [0.717, 1.165) is 6.32 Å². The second-order valence-corrected chi connectivity index (χ2v) is 7.39. The van der Waals surface area contributed by atoms with Gasteiger partial charge in [0.15, 0.2) is 0 Å². The quantitative estimate of drug-likeness (QED) is 0.375. The highest BCUT2D eigenvalue weighted by molar-refractivity contribution is 7.48. The van der Waals surface area contributed by atoms with Crippen molar-refractivity contribution < 1.29 is 27.6 Å². The number of phosphoric acid groups is 1. The summed E-state index contributed by atoms with van der Waals surface area (Å²) in [5.41, 5.74) is 0. The van der Waals surface area contributed by atoms with Gasteiger partial charge in [0.25, 0.3) is 0 Å². The van der Waals surface area contributed by atoms with Crippen molar-refractivity contribution >= 4 is 23.5 Å². The lowest BCUT2D eigenvalue weighted by Crippen LogP contribution is -2.25. The second-order valence-electron chi connectivity index (χ2n) is 5.66. The van der Waals surface area contributed by atoms with Crippen LogP contribution in [0.5, 0.6) is 0 Å². The van der Waals surface area contributed by atoms with Gasteiger partial charge in [-0.25, -0.2) is 4.57 Å². The summed E-state index contributed by atoms with van der Waals surface area (Å²) in [6.07, 6.45) is 1.11. The zero-order valence-electron chi connectivity index (χ0n) is 15.0. The Balaban J connectivity index is 4.50. The molecule has 0 radical (unpaired) electrons. The zero-order chi connectivity index (χ0) is 17.2. The first kappa shape index (κ1) is 22.2. The third kappa shape index (κ3) is 10.0. The minimum absolute atomic E-state index is 0.0826. The third-order valence-electron chi connectivity index (χ3n) is 2.91. The molecular weight excluding hydrogens is 305 g/mol. The molecule has 0 saturated heterocycles. The Kier molecular flexibility index (Phi) is 11.7. The summed E-state index contributed by atoms with van der Waals surface area (Å²) in [6.45, 7) is 8.30. The highest BCUT2D eigenvalue weighted by atomic mass is 31.2. The number of hydrogen-bond donors (Lipinski definition) is 0. The van der Waals surface area contributed by atoms with E-state index >= 15 is 0 Å². The van der Waals surface area contributed by atoms with Gasteiger partial charge in [0, 0.05) is 7.11 Å². The van der Waals surface area contributed by atoms with Crippen LogP contribution in [-0.2, 0) is 27.6 Å². The number of phosphoric ester groups is 1. The van der Waals surface area contributed by atoms with E-state index in [2.05, 4.69) is 0 Å². The van der Waals surface area contributed by atoms with Crippen LogP contribution >= 0.6 is 7.82 Å². The van der Waals surface area contributed by atoms with Crippen molar-refractivity contribution in [3.8, 4) is 0 Å². The molecule has 3 atom stereocenters. The van der Waals surface area contributed by atoms with Gasteiger partial charge in [-0.1, -0.05) is 12.6 Å². The van der Waals surface area contributed by atoms with Gasteiger partial charge in [-0.15, -0.1) is 0 Å². The molecular formula is C13H31B2O6P. The molecule has 0 amide bonds. The van der Waals surface area contributed by atoms with Gasteiger partial charge in [0.05, 0.1) is 37.6 Å². The van der Waals surface area contributed by atoms with Crippen LogP contribution in [0.3, 0.4) is 0 Å². The molecule has 0 saturated carbocycles. The number of rotatable bonds is 13. The summed E-state index contributed by atoms with van der Waals surface area (Å²) in [7, 11) is 1.64. The van der Waals surface area contributed by atoms with Gasteiger partial charge in [0.1, 0.15) is 15.7 Å². The average Bonchev–Trinajstić information content (AvgIpc) is 2.47. The molecule has 0 spiro atoms. The van der Waals surface area contributed by atoms with Crippen molar-refractivity contribution in [3.63, 3.8) is 0 Å². The normalized spacial score (nSPS) is 17.6. The SMILES string of the molecule is BC[C@H](COP(=O)(OC)O[C@H](CB)COC(C)C)OC(C)C. The van der Waals surface area contributed by atoms with Crippen molar-refractivity contribution in [3.05, 3.63) is 0 Å². The minimum atomic E-state index is -3.60. The van der Waals surface area contributed by atoms with Crippen LogP contribution in [0.4, 0.5) is 0 Å². The molecule has 0 N–H and O–H groups in total. The summed E-state index contributed by atoms with van der Waals surface area (Å²) in [4.78, 5) is 0. The van der Waals surface area contributed by atoms with Crippen molar-refractivity contribution in [1.29, 1.82) is 0 Å². The molecule has 0 aliphatic heterocycles. The maximum atomic E-state index is 12.5. The number of hydrogen-bond acceptors (Lipinski definition) is 6. The highest BCUT2D eigenvalue weighted by Gasteiger charge is 2.30. The molecule has 0 aromatic heterocycles. The molecule has 0 bridgehead atoms. The fourth-order valence-corrected chi connectivity index (χ4v) is 2.82. The first-order valence-corrected chi connectivity index (χ1v) is 9.48. The smallest absolute Gasteiger partial charge is 0.376 e. The number of ether oxygens (including phenoxy) is 2. The van der Waals surface area contributed by atoms with E-state index in [9.17, 15) is 4.57 Å². The van der Waals surface area contributed by atoms with Crippen LogP contribution in [0, 0.1) is 0 Å². The Labute approximate surface area is 137 Å². The predicted molar refractivity (Wildman–Crippen MR) is 93.2 cm³/mol. The summed E-state index contributed by atoms with van der Waals surface area (Å²) in [6, 6.07) is 0. The van der Waals surface area contributed by atoms with Gasteiger partial charge >= 0.3 is 7.82 Å². The maximum absolute atomic E-state index is 12.5. The Morgan fingerprint density at radius 1 is 0.955 bits per heavy atom. The molecule has 0 aromatic rings. The van der Waals surface area contributed by atoms with E-state index in [-0.39, 0.29) is 31.0 Å². The van der Waals surface area contributed by atoms with Gasteiger partial charge < -0.3 is 9.47 Å². The van der Waals surface area contributed by atoms with Gasteiger partial charge in [-0.05, 0) is 27.7 Å². The van der Waals surface area contributed by atoms with Crippen LogP contribution < -0.4 is 0 Å². The topological polar surface area (TPSA) is 63.2 Å². The van der Waals surface area contributed by atoms with Gasteiger partial charge in [0.2, 0.25) is 0 Å². The molecule has 1 unspecified atom stereocenters. The molecule has 0 aliphatic rings. The summed E-state index contributed by atoms with van der Waals surface area (Å²) in [5, 5.41) is 0. The Hall–Kier alpha value is 0.160. The Morgan fingerprint density at radius 3 is 1.95 bits per heavy atom. The van der Waals surface area contributed by atoms with E-state index in [1.807, 2.05) is 43.4 Å². The molecule has 0 rings (SSSR count). The van der Waals surface area contributed by atoms with E-state index in [1.165, 1.54) is 7.11 Å². The first-order valence-electron chi connectivity index (χ1n) is 8.02. The molecule has 0 heterocycles. The van der Waals surface area contributed by atoms with E-state index in [1.54, 1.807) is 0 Å². The zero-order valence-corrected chi connectivity index (χ0v) is 15.9.